The third kappa shape index (κ3) is 4.59. The van der Waals surface area contributed by atoms with E-state index >= 15 is 0 Å². The lowest BCUT2D eigenvalue weighted by molar-refractivity contribution is 0.221. The van der Waals surface area contributed by atoms with Gasteiger partial charge in [-0.2, -0.15) is 0 Å². The second kappa shape index (κ2) is 9.50. The van der Waals surface area contributed by atoms with Crippen LogP contribution in [0.15, 0.2) is 48.8 Å². The maximum absolute atomic E-state index is 13.4. The van der Waals surface area contributed by atoms with Crippen molar-refractivity contribution in [3.63, 3.8) is 0 Å². The van der Waals surface area contributed by atoms with Crippen molar-refractivity contribution in [1.29, 1.82) is 0 Å². The number of likely N-dealkylation sites (tertiary alicyclic amines) is 1. The minimum absolute atomic E-state index is 0.125. The SMILES string of the molecule is CC1CCC(C)N1CCN(c1c2cccnc2c(O)c2c(O)n(Cc3ccc(F)cc3)cc12)S(C)(=O)=O. The van der Waals surface area contributed by atoms with Crippen molar-refractivity contribution in [3.05, 3.63) is 60.2 Å². The lowest BCUT2D eigenvalue weighted by atomic mass is 10.1. The van der Waals surface area contributed by atoms with Crippen molar-refractivity contribution in [3.8, 4) is 11.6 Å². The molecule has 0 spiro atoms. The van der Waals surface area contributed by atoms with Gasteiger partial charge in [-0.3, -0.25) is 14.2 Å². The van der Waals surface area contributed by atoms with Gasteiger partial charge in [-0.1, -0.05) is 12.1 Å². The van der Waals surface area contributed by atoms with E-state index in [2.05, 4.69) is 23.7 Å². The minimum atomic E-state index is -3.74. The van der Waals surface area contributed by atoms with E-state index in [9.17, 15) is 23.0 Å². The third-order valence-electron chi connectivity index (χ3n) is 7.44. The van der Waals surface area contributed by atoms with Crippen LogP contribution < -0.4 is 4.31 Å². The molecule has 5 rings (SSSR count). The highest BCUT2D eigenvalue weighted by atomic mass is 32.2. The van der Waals surface area contributed by atoms with Crippen molar-refractivity contribution in [1.82, 2.24) is 14.5 Å². The molecule has 0 aliphatic carbocycles. The van der Waals surface area contributed by atoms with Crippen LogP contribution in [0.25, 0.3) is 21.7 Å². The van der Waals surface area contributed by atoms with E-state index in [1.165, 1.54) is 33.5 Å². The van der Waals surface area contributed by atoms with Crippen LogP contribution in [0.5, 0.6) is 11.6 Å². The average Bonchev–Trinajstić information content (AvgIpc) is 3.35. The summed E-state index contributed by atoms with van der Waals surface area (Å²) in [6.07, 6.45) is 6.45. The molecule has 0 radical (unpaired) electrons. The van der Waals surface area contributed by atoms with Gasteiger partial charge in [-0.05, 0) is 56.5 Å². The Kier molecular flexibility index (Phi) is 6.49. The second-order valence-electron chi connectivity index (χ2n) is 9.94. The highest BCUT2D eigenvalue weighted by Crippen LogP contribution is 2.46. The predicted molar refractivity (Wildman–Crippen MR) is 143 cm³/mol. The zero-order chi connectivity index (χ0) is 26.5. The molecule has 196 valence electrons. The molecule has 2 atom stereocenters. The molecule has 2 aromatic carbocycles. The first-order valence-corrected chi connectivity index (χ1v) is 14.2. The van der Waals surface area contributed by atoms with Crippen LogP contribution in [-0.4, -0.2) is 64.5 Å². The Morgan fingerprint density at radius 2 is 1.76 bits per heavy atom. The first kappa shape index (κ1) is 25.3. The van der Waals surface area contributed by atoms with E-state index in [0.717, 1.165) is 18.4 Å². The van der Waals surface area contributed by atoms with Gasteiger partial charge >= 0.3 is 0 Å². The zero-order valence-electron chi connectivity index (χ0n) is 21.1. The quantitative estimate of drug-likeness (QED) is 0.370. The molecular formula is C27H31FN4O4S. The molecule has 1 aliphatic rings. The summed E-state index contributed by atoms with van der Waals surface area (Å²) in [6.45, 7) is 5.26. The molecule has 2 aromatic heterocycles. The molecule has 2 N–H and O–H groups in total. The lowest BCUT2D eigenvalue weighted by Gasteiger charge is -2.31. The maximum atomic E-state index is 13.4. The fraction of sp³-hybridized carbons (Fsp3) is 0.370. The van der Waals surface area contributed by atoms with Gasteiger partial charge in [0.15, 0.2) is 5.75 Å². The summed E-state index contributed by atoms with van der Waals surface area (Å²) in [6, 6.07) is 10.0. The van der Waals surface area contributed by atoms with Gasteiger partial charge in [0.25, 0.3) is 0 Å². The first-order chi connectivity index (χ1) is 17.6. The van der Waals surface area contributed by atoms with E-state index in [1.54, 1.807) is 30.5 Å². The highest BCUT2D eigenvalue weighted by Gasteiger charge is 2.31. The number of aromatic hydroxyl groups is 2. The zero-order valence-corrected chi connectivity index (χ0v) is 21.9. The highest BCUT2D eigenvalue weighted by molar-refractivity contribution is 7.92. The number of halogens is 1. The fourth-order valence-electron chi connectivity index (χ4n) is 5.52. The third-order valence-corrected chi connectivity index (χ3v) is 8.61. The van der Waals surface area contributed by atoms with Crippen LogP contribution in [0.1, 0.15) is 32.3 Å². The van der Waals surface area contributed by atoms with E-state index in [-0.39, 0.29) is 41.4 Å². The van der Waals surface area contributed by atoms with Crippen LogP contribution in [0, 0.1) is 5.82 Å². The number of phenols is 1. The molecule has 0 bridgehead atoms. The minimum Gasteiger partial charge on any atom is -0.505 e. The first-order valence-electron chi connectivity index (χ1n) is 12.4. The lowest BCUT2D eigenvalue weighted by Crippen LogP contribution is -2.42. The van der Waals surface area contributed by atoms with Crippen molar-refractivity contribution in [2.45, 2.75) is 45.3 Å². The van der Waals surface area contributed by atoms with E-state index in [4.69, 9.17) is 0 Å². The molecule has 8 nitrogen and oxygen atoms in total. The van der Waals surface area contributed by atoms with Crippen LogP contribution in [0.4, 0.5) is 10.1 Å². The summed E-state index contributed by atoms with van der Waals surface area (Å²) in [5.41, 5.74) is 1.31. The molecular weight excluding hydrogens is 495 g/mol. The van der Waals surface area contributed by atoms with Gasteiger partial charge in [0.2, 0.25) is 15.9 Å². The van der Waals surface area contributed by atoms with Crippen LogP contribution >= 0.6 is 0 Å². The van der Waals surface area contributed by atoms with E-state index in [1.807, 2.05) is 0 Å². The number of pyridine rings is 1. The van der Waals surface area contributed by atoms with Gasteiger partial charge in [0, 0.05) is 48.3 Å². The molecule has 4 aromatic rings. The Morgan fingerprint density at radius 1 is 1.08 bits per heavy atom. The summed E-state index contributed by atoms with van der Waals surface area (Å²) in [5, 5.41) is 23.3. The van der Waals surface area contributed by atoms with Gasteiger partial charge < -0.3 is 14.8 Å². The number of aromatic nitrogens is 2. The van der Waals surface area contributed by atoms with Gasteiger partial charge in [0.1, 0.15) is 11.3 Å². The summed E-state index contributed by atoms with van der Waals surface area (Å²) in [7, 11) is -3.74. The van der Waals surface area contributed by atoms with E-state index < -0.39 is 10.0 Å². The Morgan fingerprint density at radius 3 is 2.41 bits per heavy atom. The Balaban J connectivity index is 1.69. The number of phenolic OH excluding ortho intramolecular Hbond substituents is 1. The molecule has 1 saturated heterocycles. The van der Waals surface area contributed by atoms with Crippen molar-refractivity contribution in [2.75, 3.05) is 23.7 Å². The molecule has 1 fully saturated rings. The number of nitrogens with zero attached hydrogens (tertiary/aromatic N) is 4. The molecule has 10 heteroatoms. The van der Waals surface area contributed by atoms with Gasteiger partial charge in [-0.25, -0.2) is 12.8 Å². The number of fused-ring (bicyclic) bond motifs is 2. The van der Waals surface area contributed by atoms with E-state index in [0.29, 0.717) is 35.1 Å². The fourth-order valence-corrected chi connectivity index (χ4v) is 6.46. The number of rotatable bonds is 7. The molecule has 2 unspecified atom stereocenters. The van der Waals surface area contributed by atoms with Crippen LogP contribution in [0.3, 0.4) is 0 Å². The number of benzene rings is 2. The largest absolute Gasteiger partial charge is 0.505 e. The molecule has 1 aliphatic heterocycles. The number of sulfonamides is 1. The summed E-state index contributed by atoms with van der Waals surface area (Å²) in [5.74, 6) is -0.811. The standard InChI is InChI=1S/C27H31FN4O4S/c1-17-6-7-18(2)31(17)13-14-32(37(3,35)36)25-21-5-4-12-29-24(21)26(33)23-22(25)16-30(27(23)34)15-19-8-10-20(28)11-9-19/h4-5,8-12,16-18,33-34H,6-7,13-15H2,1-3H3. The van der Waals surface area contributed by atoms with Gasteiger partial charge in [-0.15, -0.1) is 0 Å². The number of anilines is 1. The maximum Gasteiger partial charge on any atom is 0.232 e. The number of hydrogen-bond acceptors (Lipinski definition) is 6. The Hall–Kier alpha value is -3.37. The Labute approximate surface area is 215 Å². The molecule has 37 heavy (non-hydrogen) atoms. The normalized spacial score (nSPS) is 18.7. The summed E-state index contributed by atoms with van der Waals surface area (Å²) < 4.78 is 42.7. The topological polar surface area (TPSA) is 98.9 Å². The summed E-state index contributed by atoms with van der Waals surface area (Å²) >= 11 is 0. The molecule has 0 saturated carbocycles. The monoisotopic (exact) mass is 526 g/mol. The average molecular weight is 527 g/mol. The van der Waals surface area contributed by atoms with Crippen molar-refractivity contribution >= 4 is 37.4 Å². The van der Waals surface area contributed by atoms with Crippen LogP contribution in [-0.2, 0) is 16.6 Å². The second-order valence-corrected chi connectivity index (χ2v) is 11.8. The van der Waals surface area contributed by atoms with Crippen molar-refractivity contribution < 1.29 is 23.0 Å². The smallest absolute Gasteiger partial charge is 0.232 e. The van der Waals surface area contributed by atoms with Crippen molar-refractivity contribution in [2.24, 2.45) is 0 Å². The van der Waals surface area contributed by atoms with Gasteiger partial charge in [0.05, 0.1) is 23.9 Å². The predicted octanol–water partition coefficient (Wildman–Crippen LogP) is 4.43. The molecule has 3 heterocycles. The molecule has 0 amide bonds. The summed E-state index contributed by atoms with van der Waals surface area (Å²) in [4.78, 5) is 6.63. The Bertz CT molecular complexity index is 1560. The van der Waals surface area contributed by atoms with Crippen LogP contribution in [0.2, 0.25) is 0 Å². The number of hydrogen-bond donors (Lipinski definition) is 2.